The number of carbonyl (C=O) groups excluding carboxylic acids is 1. The Kier molecular flexibility index (Phi) is 4.81. The number of para-hydroxylation sites is 2. The average Bonchev–Trinajstić information content (AvgIpc) is 2.88. The van der Waals surface area contributed by atoms with Crippen molar-refractivity contribution < 1.29 is 14.3 Å². The summed E-state index contributed by atoms with van der Waals surface area (Å²) in [4.78, 5) is 24.0. The SMILES string of the molecule is O=C(CCn1c(=O)oc2ccccc21)NC1CCCCC1CO. The van der Waals surface area contributed by atoms with Gasteiger partial charge in [0, 0.05) is 31.5 Å². The number of fused-ring (bicyclic) bond motifs is 1. The number of rotatable bonds is 5. The van der Waals surface area contributed by atoms with Crippen molar-refractivity contribution in [1.82, 2.24) is 9.88 Å². The van der Waals surface area contributed by atoms with Crippen LogP contribution in [0.2, 0.25) is 0 Å². The molecule has 1 aliphatic rings. The van der Waals surface area contributed by atoms with Gasteiger partial charge in [-0.2, -0.15) is 0 Å². The summed E-state index contributed by atoms with van der Waals surface area (Å²) in [6, 6.07) is 7.23. The van der Waals surface area contributed by atoms with Gasteiger partial charge in [0.25, 0.3) is 0 Å². The lowest BCUT2D eigenvalue weighted by molar-refractivity contribution is -0.122. The van der Waals surface area contributed by atoms with Gasteiger partial charge >= 0.3 is 5.76 Å². The van der Waals surface area contributed by atoms with Crippen molar-refractivity contribution in [3.05, 3.63) is 34.8 Å². The molecule has 3 rings (SSSR count). The first kappa shape index (κ1) is 15.8. The molecule has 6 heteroatoms. The van der Waals surface area contributed by atoms with E-state index in [1.165, 1.54) is 4.57 Å². The molecule has 1 aromatic heterocycles. The van der Waals surface area contributed by atoms with Crippen LogP contribution in [0.25, 0.3) is 11.1 Å². The van der Waals surface area contributed by atoms with E-state index < -0.39 is 5.76 Å². The molecule has 2 N–H and O–H groups in total. The van der Waals surface area contributed by atoms with Crippen molar-refractivity contribution >= 4 is 17.0 Å². The van der Waals surface area contributed by atoms with E-state index in [0.717, 1.165) is 25.7 Å². The molecule has 124 valence electrons. The molecular formula is C17H22N2O4. The molecule has 0 aliphatic heterocycles. The Hall–Kier alpha value is -2.08. The maximum Gasteiger partial charge on any atom is 0.419 e. The van der Waals surface area contributed by atoms with Gasteiger partial charge in [-0.1, -0.05) is 25.0 Å². The summed E-state index contributed by atoms with van der Waals surface area (Å²) >= 11 is 0. The highest BCUT2D eigenvalue weighted by molar-refractivity contribution is 5.77. The van der Waals surface area contributed by atoms with Crippen LogP contribution in [0, 0.1) is 5.92 Å². The fourth-order valence-electron chi connectivity index (χ4n) is 3.33. The van der Waals surface area contributed by atoms with E-state index in [9.17, 15) is 14.7 Å². The minimum absolute atomic E-state index is 0.0408. The summed E-state index contributed by atoms with van der Waals surface area (Å²) in [5, 5.41) is 12.4. The largest absolute Gasteiger partial charge is 0.419 e. The van der Waals surface area contributed by atoms with Crippen LogP contribution in [0.5, 0.6) is 0 Å². The third-order valence-electron chi connectivity index (χ3n) is 4.63. The topological polar surface area (TPSA) is 84.5 Å². The molecule has 2 atom stereocenters. The van der Waals surface area contributed by atoms with Gasteiger partial charge in [-0.15, -0.1) is 0 Å². The van der Waals surface area contributed by atoms with Crippen LogP contribution in [0.15, 0.2) is 33.5 Å². The molecule has 0 saturated heterocycles. The minimum Gasteiger partial charge on any atom is -0.408 e. The van der Waals surface area contributed by atoms with Gasteiger partial charge in [0.1, 0.15) is 0 Å². The number of nitrogens with zero attached hydrogens (tertiary/aromatic N) is 1. The molecule has 6 nitrogen and oxygen atoms in total. The summed E-state index contributed by atoms with van der Waals surface area (Å²) in [5.41, 5.74) is 1.24. The molecule has 0 spiro atoms. The second-order valence-electron chi connectivity index (χ2n) is 6.14. The van der Waals surface area contributed by atoms with Crippen LogP contribution in [-0.2, 0) is 11.3 Å². The second kappa shape index (κ2) is 7.00. The van der Waals surface area contributed by atoms with Gasteiger partial charge in [0.2, 0.25) is 5.91 Å². The third kappa shape index (κ3) is 3.47. The zero-order valence-electron chi connectivity index (χ0n) is 13.0. The molecule has 2 unspecified atom stereocenters. The van der Waals surface area contributed by atoms with E-state index in [4.69, 9.17) is 4.42 Å². The van der Waals surface area contributed by atoms with E-state index in [2.05, 4.69) is 5.32 Å². The van der Waals surface area contributed by atoms with Gasteiger partial charge in [-0.05, 0) is 25.0 Å². The molecule has 0 radical (unpaired) electrons. The highest BCUT2D eigenvalue weighted by Crippen LogP contribution is 2.24. The summed E-state index contributed by atoms with van der Waals surface area (Å²) in [5.74, 6) is -0.386. The van der Waals surface area contributed by atoms with Crippen molar-refractivity contribution in [2.75, 3.05) is 6.61 Å². The number of aliphatic hydroxyl groups excluding tert-OH is 1. The fourth-order valence-corrected chi connectivity index (χ4v) is 3.33. The normalized spacial score (nSPS) is 21.4. The lowest BCUT2D eigenvalue weighted by atomic mass is 9.85. The van der Waals surface area contributed by atoms with Crippen LogP contribution in [0.1, 0.15) is 32.1 Å². The number of aryl methyl sites for hydroxylation is 1. The highest BCUT2D eigenvalue weighted by atomic mass is 16.4. The molecular weight excluding hydrogens is 296 g/mol. The van der Waals surface area contributed by atoms with Gasteiger partial charge < -0.3 is 14.8 Å². The maximum absolute atomic E-state index is 12.2. The number of oxazole rings is 1. The molecule has 1 aromatic carbocycles. The first-order valence-corrected chi connectivity index (χ1v) is 8.17. The van der Waals surface area contributed by atoms with Crippen LogP contribution in [-0.4, -0.2) is 28.2 Å². The highest BCUT2D eigenvalue weighted by Gasteiger charge is 2.25. The van der Waals surface area contributed by atoms with Crippen molar-refractivity contribution in [3.8, 4) is 0 Å². The lowest BCUT2D eigenvalue weighted by Gasteiger charge is -2.30. The summed E-state index contributed by atoms with van der Waals surface area (Å²) in [6.45, 7) is 0.398. The Bertz CT molecular complexity index is 734. The van der Waals surface area contributed by atoms with Crippen molar-refractivity contribution in [2.24, 2.45) is 5.92 Å². The molecule has 1 saturated carbocycles. The number of aliphatic hydroxyl groups is 1. The first-order valence-electron chi connectivity index (χ1n) is 8.17. The van der Waals surface area contributed by atoms with Crippen LogP contribution >= 0.6 is 0 Å². The maximum atomic E-state index is 12.2. The fraction of sp³-hybridized carbons (Fsp3) is 0.529. The Morgan fingerprint density at radius 3 is 2.91 bits per heavy atom. The average molecular weight is 318 g/mol. The zero-order chi connectivity index (χ0) is 16.2. The van der Waals surface area contributed by atoms with Crippen molar-refractivity contribution in [1.29, 1.82) is 0 Å². The van der Waals surface area contributed by atoms with E-state index in [1.807, 2.05) is 6.07 Å². The number of benzene rings is 1. The summed E-state index contributed by atoms with van der Waals surface area (Å²) < 4.78 is 6.64. The standard InChI is InChI=1S/C17H22N2O4/c20-11-12-5-1-2-6-13(12)18-16(21)9-10-19-14-7-3-4-8-15(14)23-17(19)22/h3-4,7-8,12-13,20H,1-2,5-6,9-11H2,(H,18,21). The van der Waals surface area contributed by atoms with Crippen molar-refractivity contribution in [3.63, 3.8) is 0 Å². The van der Waals surface area contributed by atoms with E-state index in [-0.39, 0.29) is 37.4 Å². The van der Waals surface area contributed by atoms with Crippen LogP contribution in [0.4, 0.5) is 0 Å². The Morgan fingerprint density at radius 1 is 1.30 bits per heavy atom. The van der Waals surface area contributed by atoms with E-state index >= 15 is 0 Å². The molecule has 1 fully saturated rings. The summed E-state index contributed by atoms with van der Waals surface area (Å²) in [7, 11) is 0. The molecule has 1 amide bonds. The predicted molar refractivity (Wildman–Crippen MR) is 86.1 cm³/mol. The molecule has 2 aromatic rings. The van der Waals surface area contributed by atoms with E-state index in [1.54, 1.807) is 18.2 Å². The monoisotopic (exact) mass is 318 g/mol. The minimum atomic E-state index is -0.440. The Balaban J connectivity index is 1.62. The molecule has 0 bridgehead atoms. The Morgan fingerprint density at radius 2 is 2.09 bits per heavy atom. The van der Waals surface area contributed by atoms with Crippen LogP contribution < -0.4 is 11.1 Å². The summed E-state index contributed by atoms with van der Waals surface area (Å²) in [6.07, 6.45) is 4.26. The third-order valence-corrected chi connectivity index (χ3v) is 4.63. The van der Waals surface area contributed by atoms with Gasteiger partial charge in [0.05, 0.1) is 5.52 Å². The zero-order valence-corrected chi connectivity index (χ0v) is 13.0. The molecule has 1 heterocycles. The number of hydrogen-bond donors (Lipinski definition) is 2. The quantitative estimate of drug-likeness (QED) is 0.878. The molecule has 1 aliphatic carbocycles. The van der Waals surface area contributed by atoms with Crippen molar-refractivity contribution in [2.45, 2.75) is 44.7 Å². The number of hydrogen-bond acceptors (Lipinski definition) is 4. The number of aromatic nitrogens is 1. The first-order chi connectivity index (χ1) is 11.2. The smallest absolute Gasteiger partial charge is 0.408 e. The van der Waals surface area contributed by atoms with E-state index in [0.29, 0.717) is 11.1 Å². The predicted octanol–water partition coefficient (Wildman–Crippen LogP) is 1.65. The van der Waals surface area contributed by atoms with Gasteiger partial charge in [0.15, 0.2) is 5.58 Å². The lowest BCUT2D eigenvalue weighted by Crippen LogP contribution is -2.43. The second-order valence-corrected chi connectivity index (χ2v) is 6.14. The number of amides is 1. The van der Waals surface area contributed by atoms with Gasteiger partial charge in [-0.3, -0.25) is 9.36 Å². The molecule has 23 heavy (non-hydrogen) atoms. The Labute approximate surface area is 134 Å². The number of carbonyl (C=O) groups is 1. The number of nitrogens with one attached hydrogen (secondary N) is 1. The van der Waals surface area contributed by atoms with Gasteiger partial charge in [-0.25, -0.2) is 4.79 Å². The van der Waals surface area contributed by atoms with Crippen LogP contribution in [0.3, 0.4) is 0 Å².